The summed E-state index contributed by atoms with van der Waals surface area (Å²) in [7, 11) is 0. The maximum Gasteiger partial charge on any atom is 0.134 e. The predicted molar refractivity (Wildman–Crippen MR) is 79.0 cm³/mol. The molecule has 92 valence electrons. The second-order valence-electron chi connectivity index (χ2n) is 4.83. The Balaban J connectivity index is 2.67. The molecule has 4 rings (SSSR count). The van der Waals surface area contributed by atoms with E-state index in [1.165, 1.54) is 0 Å². The van der Waals surface area contributed by atoms with Crippen LogP contribution in [0.4, 0.5) is 0 Å². The standard InChI is InChI=1S/C18H8O2/c19-9-15-13-5-1-3-11-7-8-12-4-2-6-14(16(15)10-20)18(12)17(11)13/h1-8H. The van der Waals surface area contributed by atoms with Gasteiger partial charge in [-0.05, 0) is 21.5 Å². The molecule has 0 bridgehead atoms. The van der Waals surface area contributed by atoms with Crippen LogP contribution in [0.15, 0.2) is 48.5 Å². The molecule has 0 N–H and O–H groups in total. The Bertz CT molecular complexity index is 1050. The van der Waals surface area contributed by atoms with Crippen LogP contribution in [0.2, 0.25) is 0 Å². The van der Waals surface area contributed by atoms with Crippen molar-refractivity contribution in [2.75, 3.05) is 0 Å². The lowest BCUT2D eigenvalue weighted by Gasteiger charge is -2.10. The lowest BCUT2D eigenvalue weighted by atomic mass is 9.92. The first-order chi connectivity index (χ1) is 9.85. The van der Waals surface area contributed by atoms with Gasteiger partial charge in [0, 0.05) is 10.8 Å². The SMILES string of the molecule is O=C=c1c(=C=O)c2cccc3ccc4cccc1c4c32. The van der Waals surface area contributed by atoms with Crippen molar-refractivity contribution in [1.82, 2.24) is 0 Å². The van der Waals surface area contributed by atoms with Crippen molar-refractivity contribution in [3.05, 3.63) is 59.0 Å². The lowest BCUT2D eigenvalue weighted by Crippen LogP contribution is -2.29. The Morgan fingerprint density at radius 1 is 0.600 bits per heavy atom. The average molecular weight is 256 g/mol. The Morgan fingerprint density at radius 3 is 1.45 bits per heavy atom. The molecule has 0 amide bonds. The topological polar surface area (TPSA) is 34.1 Å². The van der Waals surface area contributed by atoms with Gasteiger partial charge in [-0.25, -0.2) is 9.59 Å². The summed E-state index contributed by atoms with van der Waals surface area (Å²) in [6, 6.07) is 15.6. The van der Waals surface area contributed by atoms with Gasteiger partial charge in [-0.1, -0.05) is 48.5 Å². The van der Waals surface area contributed by atoms with E-state index in [-0.39, 0.29) is 0 Å². The van der Waals surface area contributed by atoms with Gasteiger partial charge >= 0.3 is 0 Å². The monoisotopic (exact) mass is 256 g/mol. The van der Waals surface area contributed by atoms with Gasteiger partial charge in [0.25, 0.3) is 0 Å². The van der Waals surface area contributed by atoms with Crippen molar-refractivity contribution in [2.45, 2.75) is 0 Å². The summed E-state index contributed by atoms with van der Waals surface area (Å²) in [6.07, 6.45) is 0. The van der Waals surface area contributed by atoms with Crippen LogP contribution in [0, 0.1) is 0 Å². The first-order valence-corrected chi connectivity index (χ1v) is 6.31. The Hall–Kier alpha value is -2.92. The van der Waals surface area contributed by atoms with Gasteiger partial charge in [0.1, 0.15) is 11.9 Å². The first kappa shape index (κ1) is 11.0. The number of benzene rings is 4. The van der Waals surface area contributed by atoms with Crippen LogP contribution < -0.4 is 10.4 Å². The molecule has 0 fully saturated rings. The van der Waals surface area contributed by atoms with Gasteiger partial charge < -0.3 is 0 Å². The minimum atomic E-state index is 0.303. The van der Waals surface area contributed by atoms with Crippen molar-refractivity contribution < 1.29 is 9.59 Å². The van der Waals surface area contributed by atoms with Crippen LogP contribution in [0.25, 0.3) is 32.3 Å². The molecule has 2 nitrogen and oxygen atoms in total. The fraction of sp³-hybridized carbons (Fsp3) is 0. The van der Waals surface area contributed by atoms with E-state index in [0.29, 0.717) is 10.4 Å². The molecule has 0 heterocycles. The molecule has 0 aliphatic carbocycles. The summed E-state index contributed by atoms with van der Waals surface area (Å²) in [6.45, 7) is 0. The van der Waals surface area contributed by atoms with E-state index in [4.69, 9.17) is 0 Å². The summed E-state index contributed by atoms with van der Waals surface area (Å²) >= 11 is 0. The highest BCUT2D eigenvalue weighted by atomic mass is 16.1. The molecular weight excluding hydrogens is 248 g/mol. The fourth-order valence-corrected chi connectivity index (χ4v) is 3.05. The molecule has 0 spiro atoms. The van der Waals surface area contributed by atoms with Gasteiger partial charge in [0.15, 0.2) is 0 Å². The first-order valence-electron chi connectivity index (χ1n) is 6.31. The normalized spacial score (nSPS) is 11.0. The molecule has 4 aromatic carbocycles. The molecule has 0 aliphatic rings. The number of carbonyl (C=O) groups excluding carboxylic acids is 2. The van der Waals surface area contributed by atoms with Crippen molar-refractivity contribution in [2.24, 2.45) is 0 Å². The summed E-state index contributed by atoms with van der Waals surface area (Å²) < 4.78 is 0. The molecule has 20 heavy (non-hydrogen) atoms. The van der Waals surface area contributed by atoms with E-state index in [0.717, 1.165) is 32.3 Å². The second-order valence-corrected chi connectivity index (χ2v) is 4.83. The average Bonchev–Trinajstić information content (AvgIpc) is 2.51. The smallest absolute Gasteiger partial charge is 0.134 e. The molecule has 0 saturated heterocycles. The highest BCUT2D eigenvalue weighted by molar-refractivity contribution is 6.23. The zero-order chi connectivity index (χ0) is 13.7. The number of hydrogen-bond acceptors (Lipinski definition) is 2. The Kier molecular flexibility index (Phi) is 2.07. The van der Waals surface area contributed by atoms with Crippen molar-refractivity contribution in [1.29, 1.82) is 0 Å². The summed E-state index contributed by atoms with van der Waals surface area (Å²) in [5.41, 5.74) is 0. The largest absolute Gasteiger partial charge is 0.233 e. The quantitative estimate of drug-likeness (QED) is 0.448. The number of rotatable bonds is 0. The second kappa shape index (κ2) is 3.79. The molecule has 2 heteroatoms. The lowest BCUT2D eigenvalue weighted by molar-refractivity contribution is 0.564. The third kappa shape index (κ3) is 1.19. The molecule has 4 aromatic rings. The van der Waals surface area contributed by atoms with Crippen LogP contribution >= 0.6 is 0 Å². The van der Waals surface area contributed by atoms with Crippen LogP contribution in [0.1, 0.15) is 0 Å². The molecule has 0 radical (unpaired) electrons. The van der Waals surface area contributed by atoms with Crippen LogP contribution in [0.3, 0.4) is 0 Å². The van der Waals surface area contributed by atoms with Gasteiger partial charge in [-0.2, -0.15) is 0 Å². The highest BCUT2D eigenvalue weighted by Crippen LogP contribution is 2.30. The van der Waals surface area contributed by atoms with E-state index < -0.39 is 0 Å². The molecule has 0 atom stereocenters. The summed E-state index contributed by atoms with van der Waals surface area (Å²) in [5, 5.41) is 6.27. The summed E-state index contributed by atoms with van der Waals surface area (Å²) in [4.78, 5) is 22.7. The third-order valence-electron chi connectivity index (χ3n) is 3.88. The van der Waals surface area contributed by atoms with Crippen LogP contribution in [0.5, 0.6) is 0 Å². The predicted octanol–water partition coefficient (Wildman–Crippen LogP) is 1.59. The van der Waals surface area contributed by atoms with E-state index in [1.54, 1.807) is 0 Å². The maximum absolute atomic E-state index is 11.3. The van der Waals surface area contributed by atoms with Crippen LogP contribution in [-0.4, -0.2) is 11.9 Å². The van der Waals surface area contributed by atoms with Crippen LogP contribution in [-0.2, 0) is 9.59 Å². The minimum absolute atomic E-state index is 0.303. The molecule has 0 aromatic heterocycles. The third-order valence-corrected chi connectivity index (χ3v) is 3.88. The van der Waals surface area contributed by atoms with E-state index in [2.05, 4.69) is 0 Å². The van der Waals surface area contributed by atoms with Crippen molar-refractivity contribution in [3.8, 4) is 0 Å². The summed E-state index contributed by atoms with van der Waals surface area (Å²) in [5.74, 6) is 3.83. The van der Waals surface area contributed by atoms with Crippen molar-refractivity contribution in [3.63, 3.8) is 0 Å². The maximum atomic E-state index is 11.3. The minimum Gasteiger partial charge on any atom is -0.233 e. The molecule has 0 unspecified atom stereocenters. The zero-order valence-corrected chi connectivity index (χ0v) is 10.4. The zero-order valence-electron chi connectivity index (χ0n) is 10.4. The number of hydrogen-bond donors (Lipinski definition) is 0. The highest BCUT2D eigenvalue weighted by Gasteiger charge is 2.11. The Labute approximate surface area is 113 Å². The van der Waals surface area contributed by atoms with E-state index >= 15 is 0 Å². The Morgan fingerprint density at radius 2 is 1.05 bits per heavy atom. The van der Waals surface area contributed by atoms with E-state index in [1.807, 2.05) is 60.4 Å². The van der Waals surface area contributed by atoms with Gasteiger partial charge in [-0.3, -0.25) is 0 Å². The fourth-order valence-electron chi connectivity index (χ4n) is 3.05. The molecule has 0 aliphatic heterocycles. The molecule has 0 saturated carbocycles. The molecular formula is C18H8O2. The van der Waals surface area contributed by atoms with Gasteiger partial charge in [0.05, 0.1) is 10.4 Å². The van der Waals surface area contributed by atoms with Gasteiger partial charge in [-0.15, -0.1) is 0 Å². The van der Waals surface area contributed by atoms with E-state index in [9.17, 15) is 9.59 Å². The van der Waals surface area contributed by atoms with Crippen molar-refractivity contribution >= 4 is 44.2 Å². The van der Waals surface area contributed by atoms with Gasteiger partial charge in [0.2, 0.25) is 0 Å².